The molecule has 0 saturated carbocycles. The molecule has 0 atom stereocenters. The molecule has 5 rings (SSSR count). The summed E-state index contributed by atoms with van der Waals surface area (Å²) in [5.74, 6) is -0.422. The summed E-state index contributed by atoms with van der Waals surface area (Å²) < 4.78 is 3.29. The number of carbonyl (C=O) groups is 1. The third-order valence-corrected chi connectivity index (χ3v) is 6.57. The standard InChI is InChI=1S/C24H16BrN2OS/c25-17-9-6-15(7-10-17)14-27-20-4-1-3-19(24(26)28)23(20)18-11-8-16(13-21(18)27)22-5-2-12-29-22/h1-10,12-13H,14H2,(H2,26,28). The number of thiophene rings is 1. The molecule has 1 radical (unpaired) electrons. The van der Waals surface area contributed by atoms with E-state index in [1.165, 1.54) is 10.4 Å². The van der Waals surface area contributed by atoms with Crippen molar-refractivity contribution in [3.63, 3.8) is 0 Å². The van der Waals surface area contributed by atoms with Crippen LogP contribution in [-0.2, 0) is 6.54 Å². The van der Waals surface area contributed by atoms with Crippen molar-refractivity contribution in [2.75, 3.05) is 0 Å². The maximum atomic E-state index is 12.1. The van der Waals surface area contributed by atoms with Gasteiger partial charge in [0.1, 0.15) is 0 Å². The molecule has 2 N–H and O–H groups in total. The first-order chi connectivity index (χ1) is 14.1. The summed E-state index contributed by atoms with van der Waals surface area (Å²) in [6.45, 7) is 0.692. The monoisotopic (exact) mass is 459 g/mol. The zero-order chi connectivity index (χ0) is 20.0. The van der Waals surface area contributed by atoms with Crippen molar-refractivity contribution in [3.8, 4) is 10.4 Å². The van der Waals surface area contributed by atoms with E-state index in [0.29, 0.717) is 12.1 Å². The van der Waals surface area contributed by atoms with Crippen molar-refractivity contribution >= 4 is 55.0 Å². The Balaban J connectivity index is 1.81. The van der Waals surface area contributed by atoms with Gasteiger partial charge < -0.3 is 10.3 Å². The molecule has 0 aliphatic carbocycles. The Bertz CT molecular complexity index is 1350. The van der Waals surface area contributed by atoms with E-state index in [2.05, 4.69) is 56.2 Å². The van der Waals surface area contributed by atoms with Crippen LogP contribution in [0.15, 0.2) is 76.6 Å². The van der Waals surface area contributed by atoms with Gasteiger partial charge in [-0.25, -0.2) is 0 Å². The predicted octanol–water partition coefficient (Wildman–Crippen LogP) is 6.23. The number of nitrogens with two attached hydrogens (primary N) is 1. The van der Waals surface area contributed by atoms with Crippen LogP contribution in [0.3, 0.4) is 0 Å². The molecule has 29 heavy (non-hydrogen) atoms. The molecular weight excluding hydrogens is 444 g/mol. The second-order valence-corrected chi connectivity index (χ2v) is 8.77. The quantitative estimate of drug-likeness (QED) is 0.340. The minimum Gasteiger partial charge on any atom is -0.366 e. The van der Waals surface area contributed by atoms with E-state index in [-0.39, 0.29) is 0 Å². The minimum absolute atomic E-state index is 0.422. The van der Waals surface area contributed by atoms with Crippen molar-refractivity contribution in [2.45, 2.75) is 6.54 Å². The van der Waals surface area contributed by atoms with Crippen molar-refractivity contribution in [3.05, 3.63) is 93.8 Å². The number of benzene rings is 3. The Morgan fingerprint density at radius 2 is 1.90 bits per heavy atom. The molecule has 5 heteroatoms. The van der Waals surface area contributed by atoms with Gasteiger partial charge in [0.25, 0.3) is 0 Å². The predicted molar refractivity (Wildman–Crippen MR) is 123 cm³/mol. The van der Waals surface area contributed by atoms with Gasteiger partial charge in [0.05, 0.1) is 11.0 Å². The molecule has 2 heterocycles. The molecule has 0 aliphatic rings. The number of aromatic nitrogens is 1. The number of primary amides is 1. The SMILES string of the molecule is NC(=O)c1cccc2c1c1[c]cc(-c3cccs3)cc1n2Cc1ccc(Br)cc1. The summed E-state index contributed by atoms with van der Waals surface area (Å²) in [4.78, 5) is 13.3. The zero-order valence-corrected chi connectivity index (χ0v) is 17.8. The summed E-state index contributed by atoms with van der Waals surface area (Å²) >= 11 is 5.20. The van der Waals surface area contributed by atoms with Gasteiger partial charge in [0, 0.05) is 32.2 Å². The maximum Gasteiger partial charge on any atom is 0.249 e. The summed E-state index contributed by atoms with van der Waals surface area (Å²) in [5, 5.41) is 3.86. The number of amides is 1. The van der Waals surface area contributed by atoms with Gasteiger partial charge in [-0.15, -0.1) is 11.3 Å². The van der Waals surface area contributed by atoms with Gasteiger partial charge in [-0.05, 0) is 65.0 Å². The molecule has 0 bridgehead atoms. The lowest BCUT2D eigenvalue weighted by Crippen LogP contribution is -2.11. The lowest BCUT2D eigenvalue weighted by Gasteiger charge is -2.09. The molecule has 5 aromatic rings. The number of rotatable bonds is 4. The largest absolute Gasteiger partial charge is 0.366 e. The highest BCUT2D eigenvalue weighted by Gasteiger charge is 2.17. The summed E-state index contributed by atoms with van der Waals surface area (Å²) in [7, 11) is 0. The molecule has 1 amide bonds. The average Bonchev–Trinajstić information content (AvgIpc) is 3.36. The van der Waals surface area contributed by atoms with Crippen LogP contribution in [0.5, 0.6) is 0 Å². The highest BCUT2D eigenvalue weighted by Crippen LogP contribution is 2.35. The fourth-order valence-corrected chi connectivity index (χ4v) is 4.77. The number of nitrogens with zero attached hydrogens (tertiary/aromatic N) is 1. The fraction of sp³-hybridized carbons (Fsp3) is 0.0417. The van der Waals surface area contributed by atoms with Gasteiger partial charge in [0.2, 0.25) is 5.91 Å². The van der Waals surface area contributed by atoms with E-state index in [1.807, 2.05) is 36.4 Å². The first-order valence-corrected chi connectivity index (χ1v) is 10.8. The van der Waals surface area contributed by atoms with Crippen molar-refractivity contribution < 1.29 is 4.79 Å². The third-order valence-electron chi connectivity index (χ3n) is 5.12. The van der Waals surface area contributed by atoms with Crippen LogP contribution in [0.4, 0.5) is 0 Å². The molecular formula is C24H16BrN2OS. The molecule has 0 spiro atoms. The van der Waals surface area contributed by atoms with Crippen LogP contribution in [0, 0.1) is 6.07 Å². The molecule has 2 aromatic heterocycles. The molecule has 0 aliphatic heterocycles. The van der Waals surface area contributed by atoms with Crippen molar-refractivity contribution in [2.24, 2.45) is 5.73 Å². The number of fused-ring (bicyclic) bond motifs is 3. The first kappa shape index (κ1) is 18.2. The van der Waals surface area contributed by atoms with Crippen molar-refractivity contribution in [1.82, 2.24) is 4.57 Å². The second-order valence-electron chi connectivity index (χ2n) is 6.90. The van der Waals surface area contributed by atoms with E-state index < -0.39 is 5.91 Å². The van der Waals surface area contributed by atoms with Crippen LogP contribution in [0.25, 0.3) is 32.2 Å². The van der Waals surface area contributed by atoms with E-state index in [4.69, 9.17) is 5.73 Å². The van der Waals surface area contributed by atoms with E-state index in [9.17, 15) is 4.79 Å². The molecule has 3 aromatic carbocycles. The third kappa shape index (κ3) is 3.16. The second kappa shape index (κ2) is 7.17. The number of hydrogen-bond donors (Lipinski definition) is 1. The smallest absolute Gasteiger partial charge is 0.249 e. The average molecular weight is 460 g/mol. The van der Waals surface area contributed by atoms with Crippen LogP contribution < -0.4 is 5.73 Å². The highest BCUT2D eigenvalue weighted by atomic mass is 79.9. The Morgan fingerprint density at radius 3 is 2.62 bits per heavy atom. The number of halogens is 1. The summed E-state index contributed by atoms with van der Waals surface area (Å²) in [6.07, 6.45) is 0. The molecule has 0 fully saturated rings. The van der Waals surface area contributed by atoms with E-state index >= 15 is 0 Å². The number of hydrogen-bond acceptors (Lipinski definition) is 2. The highest BCUT2D eigenvalue weighted by molar-refractivity contribution is 9.10. The van der Waals surface area contributed by atoms with Crippen LogP contribution >= 0.6 is 27.3 Å². The van der Waals surface area contributed by atoms with Gasteiger partial charge in [-0.1, -0.05) is 40.2 Å². The summed E-state index contributed by atoms with van der Waals surface area (Å²) in [6, 6.07) is 25.8. The minimum atomic E-state index is -0.422. The Hall–Kier alpha value is -2.89. The van der Waals surface area contributed by atoms with E-state index in [0.717, 1.165) is 31.8 Å². The zero-order valence-electron chi connectivity index (χ0n) is 15.4. The Morgan fingerprint density at radius 1 is 1.07 bits per heavy atom. The molecule has 141 valence electrons. The lowest BCUT2D eigenvalue weighted by molar-refractivity contribution is 0.100. The summed E-state index contributed by atoms with van der Waals surface area (Å²) in [5.41, 5.74) is 10.5. The normalized spacial score (nSPS) is 11.3. The van der Waals surface area contributed by atoms with E-state index in [1.54, 1.807) is 17.4 Å². The molecule has 3 nitrogen and oxygen atoms in total. The van der Waals surface area contributed by atoms with Crippen LogP contribution in [0.2, 0.25) is 0 Å². The Kier molecular flexibility index (Phi) is 4.49. The van der Waals surface area contributed by atoms with Crippen LogP contribution in [0.1, 0.15) is 15.9 Å². The molecule has 0 unspecified atom stereocenters. The topological polar surface area (TPSA) is 48.0 Å². The fourth-order valence-electron chi connectivity index (χ4n) is 3.79. The number of carbonyl (C=O) groups excluding carboxylic acids is 1. The lowest BCUT2D eigenvalue weighted by atomic mass is 10.0. The van der Waals surface area contributed by atoms with Gasteiger partial charge in [0.15, 0.2) is 0 Å². The van der Waals surface area contributed by atoms with Gasteiger partial charge in [-0.3, -0.25) is 4.79 Å². The van der Waals surface area contributed by atoms with Gasteiger partial charge in [-0.2, -0.15) is 0 Å². The first-order valence-electron chi connectivity index (χ1n) is 9.16. The maximum absolute atomic E-state index is 12.1. The Labute approximate surface area is 180 Å². The van der Waals surface area contributed by atoms with Gasteiger partial charge >= 0.3 is 0 Å². The molecule has 0 saturated heterocycles. The van der Waals surface area contributed by atoms with Crippen LogP contribution in [-0.4, -0.2) is 10.5 Å². The van der Waals surface area contributed by atoms with Crippen molar-refractivity contribution in [1.29, 1.82) is 0 Å².